The molecular formula is C28H27FN10. The van der Waals surface area contributed by atoms with E-state index in [0.717, 1.165) is 33.5 Å². The van der Waals surface area contributed by atoms with Gasteiger partial charge in [-0.25, -0.2) is 18.9 Å². The van der Waals surface area contributed by atoms with Crippen LogP contribution in [0.5, 0.6) is 0 Å². The normalized spacial score (nSPS) is 15.4. The smallest absolute Gasteiger partial charge is 0.225 e. The van der Waals surface area contributed by atoms with E-state index in [1.165, 1.54) is 12.1 Å². The highest BCUT2D eigenvalue weighted by atomic mass is 19.1. The van der Waals surface area contributed by atoms with Gasteiger partial charge in [0, 0.05) is 74.7 Å². The van der Waals surface area contributed by atoms with Crippen LogP contribution in [-0.2, 0) is 12.6 Å². The maximum absolute atomic E-state index is 13.4. The quantitative estimate of drug-likeness (QED) is 0.374. The summed E-state index contributed by atoms with van der Waals surface area (Å²) in [4.78, 5) is 13.5. The van der Waals surface area contributed by atoms with Crippen molar-refractivity contribution >= 4 is 17.2 Å². The molecule has 0 unspecified atom stereocenters. The van der Waals surface area contributed by atoms with Crippen LogP contribution in [0.25, 0.3) is 16.6 Å². The largest absolute Gasteiger partial charge is 0.365 e. The number of hydrogen-bond acceptors (Lipinski definition) is 8. The zero-order valence-corrected chi connectivity index (χ0v) is 21.7. The third kappa shape index (κ3) is 4.45. The van der Waals surface area contributed by atoms with E-state index in [1.54, 1.807) is 35.4 Å². The fourth-order valence-corrected chi connectivity index (χ4v) is 5.03. The van der Waals surface area contributed by atoms with Crippen molar-refractivity contribution in [2.24, 2.45) is 12.8 Å². The second-order valence-electron chi connectivity index (χ2n) is 9.94. The maximum atomic E-state index is 13.4. The Morgan fingerprint density at radius 3 is 2.23 bits per heavy atom. The second kappa shape index (κ2) is 9.49. The summed E-state index contributed by atoms with van der Waals surface area (Å²) in [5.41, 5.74) is 11.5. The third-order valence-electron chi connectivity index (χ3n) is 7.33. The number of anilines is 2. The Morgan fingerprint density at radius 2 is 1.59 bits per heavy atom. The molecule has 39 heavy (non-hydrogen) atoms. The number of halogens is 1. The van der Waals surface area contributed by atoms with E-state index in [9.17, 15) is 9.65 Å². The number of aryl methyl sites for hydroxylation is 1. The summed E-state index contributed by atoms with van der Waals surface area (Å²) in [7, 11) is 1.88. The predicted molar refractivity (Wildman–Crippen MR) is 146 cm³/mol. The van der Waals surface area contributed by atoms with Crippen molar-refractivity contribution in [3.05, 3.63) is 90.0 Å². The van der Waals surface area contributed by atoms with Crippen LogP contribution >= 0.6 is 0 Å². The van der Waals surface area contributed by atoms with Crippen molar-refractivity contribution in [2.75, 3.05) is 36.0 Å². The van der Waals surface area contributed by atoms with E-state index in [2.05, 4.69) is 42.1 Å². The van der Waals surface area contributed by atoms with Crippen LogP contribution in [0.3, 0.4) is 0 Å². The minimum absolute atomic E-state index is 0.305. The van der Waals surface area contributed by atoms with Crippen molar-refractivity contribution in [1.82, 2.24) is 29.4 Å². The van der Waals surface area contributed by atoms with Crippen molar-refractivity contribution in [3.63, 3.8) is 0 Å². The lowest BCUT2D eigenvalue weighted by molar-refractivity contribution is 0.585. The fraction of sp³-hybridized carbons (Fsp3) is 0.250. The lowest BCUT2D eigenvalue weighted by atomic mass is 9.87. The van der Waals surface area contributed by atoms with Gasteiger partial charge in [-0.05, 0) is 30.7 Å². The number of piperazine rings is 1. The monoisotopic (exact) mass is 522 g/mol. The SMILES string of the molecule is Cn1cc(-c2cc3c(N4CCN(c5ncc([C@@](C)(N)c6ccc(F)cc6)cn5)CC4)c(C#N)cnn3c2)cn1. The van der Waals surface area contributed by atoms with Gasteiger partial charge in [-0.15, -0.1) is 0 Å². The Kier molecular flexibility index (Phi) is 5.96. The molecule has 0 aliphatic carbocycles. The fourth-order valence-electron chi connectivity index (χ4n) is 5.03. The molecule has 1 saturated heterocycles. The summed E-state index contributed by atoms with van der Waals surface area (Å²) in [5.74, 6) is 0.316. The molecule has 1 fully saturated rings. The van der Waals surface area contributed by atoms with E-state index in [0.29, 0.717) is 37.7 Å². The highest BCUT2D eigenvalue weighted by molar-refractivity contribution is 5.83. The van der Waals surface area contributed by atoms with Gasteiger partial charge in [0.15, 0.2) is 0 Å². The highest BCUT2D eigenvalue weighted by Crippen LogP contribution is 2.32. The zero-order valence-electron chi connectivity index (χ0n) is 21.7. The van der Waals surface area contributed by atoms with Crippen LogP contribution in [0.15, 0.2) is 67.5 Å². The van der Waals surface area contributed by atoms with E-state index in [1.807, 2.05) is 37.1 Å². The zero-order chi connectivity index (χ0) is 27.1. The van der Waals surface area contributed by atoms with Crippen LogP contribution in [0.2, 0.25) is 0 Å². The maximum Gasteiger partial charge on any atom is 0.225 e. The lowest BCUT2D eigenvalue weighted by Crippen LogP contribution is -2.47. The second-order valence-corrected chi connectivity index (χ2v) is 9.94. The van der Waals surface area contributed by atoms with Gasteiger partial charge in [-0.3, -0.25) is 4.68 Å². The van der Waals surface area contributed by atoms with Gasteiger partial charge >= 0.3 is 0 Å². The van der Waals surface area contributed by atoms with E-state index in [-0.39, 0.29) is 5.82 Å². The van der Waals surface area contributed by atoms with E-state index >= 15 is 0 Å². The van der Waals surface area contributed by atoms with Crippen molar-refractivity contribution in [3.8, 4) is 17.2 Å². The molecule has 2 N–H and O–H groups in total. The van der Waals surface area contributed by atoms with Gasteiger partial charge in [0.05, 0.1) is 34.7 Å². The van der Waals surface area contributed by atoms with Crippen molar-refractivity contribution < 1.29 is 4.39 Å². The molecule has 0 spiro atoms. The minimum atomic E-state index is -0.850. The number of benzene rings is 1. The number of nitriles is 1. The lowest BCUT2D eigenvalue weighted by Gasteiger charge is -2.36. The molecule has 1 aliphatic rings. The van der Waals surface area contributed by atoms with Gasteiger partial charge in [0.25, 0.3) is 0 Å². The Balaban J connectivity index is 1.21. The number of nitrogens with zero attached hydrogens (tertiary/aromatic N) is 9. The first kappa shape index (κ1) is 24.5. The molecule has 5 aromatic rings. The summed E-state index contributed by atoms with van der Waals surface area (Å²) in [6.45, 7) is 4.62. The van der Waals surface area contributed by atoms with Gasteiger partial charge < -0.3 is 15.5 Å². The minimum Gasteiger partial charge on any atom is -0.365 e. The molecule has 5 heterocycles. The molecule has 0 radical (unpaired) electrons. The molecule has 1 aliphatic heterocycles. The van der Waals surface area contributed by atoms with Gasteiger partial charge in [0.2, 0.25) is 5.95 Å². The number of aromatic nitrogens is 6. The van der Waals surface area contributed by atoms with Gasteiger partial charge in [-0.2, -0.15) is 15.5 Å². The average molecular weight is 523 g/mol. The van der Waals surface area contributed by atoms with Gasteiger partial charge in [-0.1, -0.05) is 12.1 Å². The third-order valence-corrected chi connectivity index (χ3v) is 7.33. The van der Waals surface area contributed by atoms with E-state index in [4.69, 9.17) is 5.73 Å². The van der Waals surface area contributed by atoms with E-state index < -0.39 is 5.54 Å². The predicted octanol–water partition coefficient (Wildman–Crippen LogP) is 3.08. The molecule has 10 nitrogen and oxygen atoms in total. The summed E-state index contributed by atoms with van der Waals surface area (Å²) >= 11 is 0. The van der Waals surface area contributed by atoms with Crippen LogP contribution in [0, 0.1) is 17.1 Å². The van der Waals surface area contributed by atoms with Crippen molar-refractivity contribution in [2.45, 2.75) is 12.5 Å². The molecule has 196 valence electrons. The molecule has 0 amide bonds. The first-order chi connectivity index (χ1) is 18.8. The first-order valence-electron chi connectivity index (χ1n) is 12.6. The Labute approximate surface area is 224 Å². The number of nitrogens with two attached hydrogens (primary N) is 1. The number of hydrogen-bond donors (Lipinski definition) is 1. The summed E-state index contributed by atoms with van der Waals surface area (Å²) in [5, 5.41) is 18.6. The number of rotatable bonds is 5. The topological polar surface area (TPSA) is 117 Å². The molecule has 6 rings (SSSR count). The molecule has 11 heteroatoms. The van der Waals surface area contributed by atoms with Gasteiger partial charge in [0.1, 0.15) is 11.9 Å². The standard InChI is InChI=1S/C28H27FN10/c1-28(31,22-3-5-24(29)6-4-22)23-15-32-27(33-16-23)38-9-7-37(8-10-38)26-20(12-30)13-35-39-18-19(11-25(26)39)21-14-34-36(2)17-21/h3-6,11,13-18H,7-10,31H2,1-2H3/t28-/m0/s1. The summed E-state index contributed by atoms with van der Waals surface area (Å²) in [6.07, 6.45) is 10.8. The Bertz CT molecular complexity index is 1670. The summed E-state index contributed by atoms with van der Waals surface area (Å²) < 4.78 is 16.9. The Morgan fingerprint density at radius 1 is 0.897 bits per heavy atom. The highest BCUT2D eigenvalue weighted by Gasteiger charge is 2.27. The van der Waals surface area contributed by atoms with Crippen LogP contribution in [0.1, 0.15) is 23.6 Å². The van der Waals surface area contributed by atoms with Crippen molar-refractivity contribution in [1.29, 1.82) is 5.26 Å². The molecule has 1 aromatic carbocycles. The first-order valence-corrected chi connectivity index (χ1v) is 12.6. The number of fused-ring (bicyclic) bond motifs is 1. The average Bonchev–Trinajstić information content (AvgIpc) is 3.59. The molecular weight excluding hydrogens is 495 g/mol. The summed E-state index contributed by atoms with van der Waals surface area (Å²) in [6, 6.07) is 10.5. The molecule has 0 bridgehead atoms. The van der Waals surface area contributed by atoms with Crippen LogP contribution in [-0.4, -0.2) is 55.5 Å². The molecule has 0 saturated carbocycles. The molecule has 1 atom stereocenters. The van der Waals surface area contributed by atoms with Crippen LogP contribution in [0.4, 0.5) is 16.0 Å². The Hall–Kier alpha value is -4.82. The van der Waals surface area contributed by atoms with Crippen LogP contribution < -0.4 is 15.5 Å². The molecule has 4 aromatic heterocycles.